The van der Waals surface area contributed by atoms with Gasteiger partial charge in [-0.1, -0.05) is 29.8 Å². The molecule has 164 valence electrons. The van der Waals surface area contributed by atoms with Crippen LogP contribution in [0, 0.1) is 6.92 Å². The Balaban J connectivity index is 1.64. The van der Waals surface area contributed by atoms with Gasteiger partial charge in [0.25, 0.3) is 5.91 Å². The van der Waals surface area contributed by atoms with Crippen LogP contribution < -0.4 is 5.32 Å². The summed E-state index contributed by atoms with van der Waals surface area (Å²) in [6.07, 6.45) is -2.55. The minimum atomic E-state index is -4.44. The van der Waals surface area contributed by atoms with E-state index >= 15 is 0 Å². The lowest BCUT2D eigenvalue weighted by Gasteiger charge is -2.11. The van der Waals surface area contributed by atoms with Crippen molar-refractivity contribution in [2.24, 2.45) is 7.05 Å². The Morgan fingerprint density at radius 1 is 1.03 bits per heavy atom. The highest BCUT2D eigenvalue weighted by Crippen LogP contribution is 2.29. The number of aryl methyl sites for hydroxylation is 2. The van der Waals surface area contributed by atoms with Crippen molar-refractivity contribution < 1.29 is 18.0 Å². The molecular formula is C24H21F3N4O. The second-order valence-electron chi connectivity index (χ2n) is 7.55. The van der Waals surface area contributed by atoms with Gasteiger partial charge in [0.15, 0.2) is 0 Å². The van der Waals surface area contributed by atoms with Gasteiger partial charge in [0.1, 0.15) is 11.4 Å². The van der Waals surface area contributed by atoms with Crippen LogP contribution in [0.4, 0.5) is 13.2 Å². The third-order valence-electron chi connectivity index (χ3n) is 5.13. The number of carbonyl (C=O) groups excluding carboxylic acids is 1. The Morgan fingerprint density at radius 3 is 2.44 bits per heavy atom. The topological polar surface area (TPSA) is 51.9 Å². The Labute approximate surface area is 183 Å². The highest BCUT2D eigenvalue weighted by atomic mass is 19.4. The maximum Gasteiger partial charge on any atom is 0.416 e. The summed E-state index contributed by atoms with van der Waals surface area (Å²) < 4.78 is 42.3. The van der Waals surface area contributed by atoms with E-state index in [2.05, 4.69) is 10.4 Å². The van der Waals surface area contributed by atoms with Crippen LogP contribution in [-0.4, -0.2) is 20.3 Å². The van der Waals surface area contributed by atoms with Gasteiger partial charge in [0.2, 0.25) is 0 Å². The Kier molecular flexibility index (Phi) is 5.61. The molecule has 0 saturated heterocycles. The van der Waals surface area contributed by atoms with Crippen LogP contribution in [0.2, 0.25) is 0 Å². The summed E-state index contributed by atoms with van der Waals surface area (Å²) in [7, 11) is 1.88. The number of hydrogen-bond acceptors (Lipinski definition) is 2. The maximum atomic E-state index is 13.0. The van der Waals surface area contributed by atoms with E-state index in [0.29, 0.717) is 16.9 Å². The lowest BCUT2D eigenvalue weighted by atomic mass is 10.1. The van der Waals surface area contributed by atoms with Gasteiger partial charge in [-0.3, -0.25) is 4.79 Å². The van der Waals surface area contributed by atoms with Gasteiger partial charge in [-0.05, 0) is 55.0 Å². The first-order chi connectivity index (χ1) is 15.2. The number of nitrogens with one attached hydrogen (secondary N) is 1. The molecule has 0 saturated carbocycles. The number of rotatable bonds is 5. The van der Waals surface area contributed by atoms with Gasteiger partial charge < -0.3 is 9.88 Å². The molecule has 8 heteroatoms. The Morgan fingerprint density at radius 2 is 1.78 bits per heavy atom. The molecule has 2 aromatic carbocycles. The average molecular weight is 438 g/mol. The zero-order chi connectivity index (χ0) is 22.9. The van der Waals surface area contributed by atoms with E-state index in [1.807, 2.05) is 61.1 Å². The van der Waals surface area contributed by atoms with Crippen LogP contribution in [0.25, 0.3) is 17.1 Å². The van der Waals surface area contributed by atoms with Crippen molar-refractivity contribution in [3.05, 3.63) is 95.3 Å². The van der Waals surface area contributed by atoms with E-state index in [1.54, 1.807) is 16.8 Å². The molecule has 0 aliphatic rings. The molecule has 0 fully saturated rings. The molecular weight excluding hydrogens is 417 g/mol. The van der Waals surface area contributed by atoms with E-state index < -0.39 is 17.6 Å². The zero-order valence-electron chi connectivity index (χ0n) is 17.5. The molecule has 0 radical (unpaired) electrons. The lowest BCUT2D eigenvalue weighted by Crippen LogP contribution is -2.25. The molecule has 5 nitrogen and oxygen atoms in total. The fraction of sp³-hybridized carbons (Fsp3) is 0.167. The van der Waals surface area contributed by atoms with Crippen molar-refractivity contribution in [2.75, 3.05) is 0 Å². The molecule has 0 atom stereocenters. The molecule has 2 heterocycles. The lowest BCUT2D eigenvalue weighted by molar-refractivity contribution is -0.137. The third kappa shape index (κ3) is 4.44. The number of alkyl halides is 3. The minimum absolute atomic E-state index is 0.0404. The minimum Gasteiger partial charge on any atom is -0.349 e. The van der Waals surface area contributed by atoms with Crippen molar-refractivity contribution in [2.45, 2.75) is 19.6 Å². The number of nitrogens with zero attached hydrogens (tertiary/aromatic N) is 3. The normalized spacial score (nSPS) is 11.5. The Bertz CT molecular complexity index is 1250. The van der Waals surface area contributed by atoms with E-state index in [4.69, 9.17) is 0 Å². The summed E-state index contributed by atoms with van der Waals surface area (Å²) in [5, 5.41) is 7.34. The van der Waals surface area contributed by atoms with Crippen LogP contribution >= 0.6 is 0 Å². The summed E-state index contributed by atoms with van der Waals surface area (Å²) in [6, 6.07) is 17.9. The molecule has 0 unspecified atom stereocenters. The summed E-state index contributed by atoms with van der Waals surface area (Å²) in [5.41, 5.74) is 3.12. The molecule has 32 heavy (non-hydrogen) atoms. The van der Waals surface area contributed by atoms with Crippen LogP contribution in [-0.2, 0) is 19.8 Å². The quantitative estimate of drug-likeness (QED) is 0.469. The fourth-order valence-electron chi connectivity index (χ4n) is 3.41. The molecule has 0 aliphatic carbocycles. The first-order valence-corrected chi connectivity index (χ1v) is 9.95. The molecule has 1 amide bonds. The largest absolute Gasteiger partial charge is 0.416 e. The highest BCUT2D eigenvalue weighted by molar-refractivity contribution is 5.94. The second-order valence-corrected chi connectivity index (χ2v) is 7.55. The smallest absolute Gasteiger partial charge is 0.349 e. The fourth-order valence-corrected chi connectivity index (χ4v) is 3.41. The van der Waals surface area contributed by atoms with Crippen LogP contribution in [0.15, 0.2) is 72.9 Å². The second kappa shape index (κ2) is 8.37. The third-order valence-corrected chi connectivity index (χ3v) is 5.13. The van der Waals surface area contributed by atoms with Gasteiger partial charge in [-0.15, -0.1) is 0 Å². The van der Waals surface area contributed by atoms with E-state index in [0.717, 1.165) is 23.4 Å². The molecule has 0 bridgehead atoms. The number of aromatic nitrogens is 3. The summed E-state index contributed by atoms with van der Waals surface area (Å²) in [6.45, 7) is 1.92. The molecule has 1 N–H and O–H groups in total. The number of hydrogen-bond donors (Lipinski definition) is 1. The molecule has 4 aromatic rings. The number of benzene rings is 2. The summed E-state index contributed by atoms with van der Waals surface area (Å²) >= 11 is 0. The molecule has 0 spiro atoms. The number of halogens is 3. The standard InChI is InChI=1S/C24H21F3N4O/c1-16-8-10-19(11-9-16)31-22(14-20(29-31)21-7-4-12-30(21)2)23(32)28-15-17-5-3-6-18(13-17)24(25,26)27/h3-14H,15H2,1-2H3,(H,28,32). The van der Waals surface area contributed by atoms with Crippen molar-refractivity contribution in [1.82, 2.24) is 19.7 Å². The first-order valence-electron chi connectivity index (χ1n) is 9.95. The van der Waals surface area contributed by atoms with Gasteiger partial charge in [0.05, 0.1) is 16.9 Å². The van der Waals surface area contributed by atoms with Crippen LogP contribution in [0.1, 0.15) is 27.2 Å². The van der Waals surface area contributed by atoms with Gasteiger partial charge in [-0.25, -0.2) is 4.68 Å². The summed E-state index contributed by atoms with van der Waals surface area (Å²) in [4.78, 5) is 13.0. The number of carbonyl (C=O) groups is 1. The predicted octanol–water partition coefficient (Wildman–Crippen LogP) is 5.14. The van der Waals surface area contributed by atoms with Crippen LogP contribution in [0.3, 0.4) is 0 Å². The average Bonchev–Trinajstić information content (AvgIpc) is 3.38. The van der Waals surface area contributed by atoms with Crippen molar-refractivity contribution in [3.8, 4) is 17.1 Å². The summed E-state index contributed by atoms with van der Waals surface area (Å²) in [5.74, 6) is -0.434. The van der Waals surface area contributed by atoms with Crippen LogP contribution in [0.5, 0.6) is 0 Å². The van der Waals surface area contributed by atoms with Gasteiger partial charge in [-0.2, -0.15) is 18.3 Å². The first kappa shape index (κ1) is 21.4. The van der Waals surface area contributed by atoms with Crippen molar-refractivity contribution in [1.29, 1.82) is 0 Å². The predicted molar refractivity (Wildman–Crippen MR) is 115 cm³/mol. The Hall–Kier alpha value is -3.81. The zero-order valence-corrected chi connectivity index (χ0v) is 17.5. The maximum absolute atomic E-state index is 13.0. The van der Waals surface area contributed by atoms with E-state index in [-0.39, 0.29) is 12.2 Å². The highest BCUT2D eigenvalue weighted by Gasteiger charge is 2.30. The number of amides is 1. The SMILES string of the molecule is Cc1ccc(-n2nc(-c3cccn3C)cc2C(=O)NCc2cccc(C(F)(F)F)c2)cc1. The van der Waals surface area contributed by atoms with Crippen molar-refractivity contribution >= 4 is 5.91 Å². The molecule has 0 aliphatic heterocycles. The molecule has 2 aromatic heterocycles. The van der Waals surface area contributed by atoms with E-state index in [9.17, 15) is 18.0 Å². The van der Waals surface area contributed by atoms with Gasteiger partial charge in [0, 0.05) is 19.8 Å². The monoisotopic (exact) mass is 438 g/mol. The van der Waals surface area contributed by atoms with Gasteiger partial charge >= 0.3 is 6.18 Å². The molecule has 4 rings (SSSR count). The van der Waals surface area contributed by atoms with E-state index in [1.165, 1.54) is 6.07 Å². The van der Waals surface area contributed by atoms with Crippen molar-refractivity contribution in [3.63, 3.8) is 0 Å².